The number of amides is 1. The van der Waals surface area contributed by atoms with E-state index in [0.29, 0.717) is 5.56 Å². The van der Waals surface area contributed by atoms with Crippen LogP contribution in [0.2, 0.25) is 0 Å². The van der Waals surface area contributed by atoms with Crippen molar-refractivity contribution in [1.82, 2.24) is 18.8 Å². The summed E-state index contributed by atoms with van der Waals surface area (Å²) in [6, 6.07) is 2.37. The van der Waals surface area contributed by atoms with Crippen molar-refractivity contribution in [3.05, 3.63) is 47.3 Å². The molecule has 2 heterocycles. The number of rotatable bonds is 3. The fraction of sp³-hybridized carbons (Fsp3) is 0.412. The molecule has 0 aliphatic carbocycles. The summed E-state index contributed by atoms with van der Waals surface area (Å²) < 4.78 is 68.6. The maximum atomic E-state index is 12.9. The molecule has 2 atom stereocenters. The van der Waals surface area contributed by atoms with E-state index in [1.54, 1.807) is 18.7 Å². The van der Waals surface area contributed by atoms with Crippen LogP contribution in [-0.2, 0) is 28.2 Å². The highest BCUT2D eigenvalue weighted by Crippen LogP contribution is 2.32. The minimum atomic E-state index is -4.56. The standard InChI is InChI=1S/C17H20F3N5O3S/c1-10-13(9-21-24(10)2)14-8-15(25(3)29(27,28)23-14)16(26)22-12-6-4-5-11(7-12)17(18,19)20/h4-7,9,14-15,23H,8H2,1-3H3,(H,22,26). The maximum absolute atomic E-state index is 12.9. The fourth-order valence-corrected chi connectivity index (χ4v) is 4.44. The van der Waals surface area contributed by atoms with E-state index in [4.69, 9.17) is 0 Å². The molecule has 8 nitrogen and oxygen atoms in total. The summed E-state index contributed by atoms with van der Waals surface area (Å²) in [4.78, 5) is 12.7. The van der Waals surface area contributed by atoms with Gasteiger partial charge in [0.25, 0.3) is 10.2 Å². The van der Waals surface area contributed by atoms with Gasteiger partial charge in [-0.3, -0.25) is 9.48 Å². The van der Waals surface area contributed by atoms with Crippen LogP contribution >= 0.6 is 0 Å². The number of anilines is 1. The molecule has 2 unspecified atom stereocenters. The lowest BCUT2D eigenvalue weighted by atomic mass is 10.00. The Bertz CT molecular complexity index is 1040. The van der Waals surface area contributed by atoms with E-state index in [9.17, 15) is 26.4 Å². The Labute approximate surface area is 165 Å². The van der Waals surface area contributed by atoms with Gasteiger partial charge in [0.2, 0.25) is 5.91 Å². The van der Waals surface area contributed by atoms with Crippen LogP contribution in [0.3, 0.4) is 0 Å². The molecule has 2 N–H and O–H groups in total. The first kappa shape index (κ1) is 21.3. The van der Waals surface area contributed by atoms with Gasteiger partial charge in [-0.2, -0.15) is 35.7 Å². The number of hydrogen-bond donors (Lipinski definition) is 2. The molecule has 1 fully saturated rings. The predicted octanol–water partition coefficient (Wildman–Crippen LogP) is 1.97. The first-order valence-electron chi connectivity index (χ1n) is 8.62. The van der Waals surface area contributed by atoms with Gasteiger partial charge < -0.3 is 5.32 Å². The van der Waals surface area contributed by atoms with Crippen LogP contribution in [0.25, 0.3) is 0 Å². The van der Waals surface area contributed by atoms with Gasteiger partial charge in [0.05, 0.1) is 17.8 Å². The second-order valence-corrected chi connectivity index (χ2v) is 8.58. The van der Waals surface area contributed by atoms with Crippen molar-refractivity contribution in [3.63, 3.8) is 0 Å². The normalized spacial score (nSPS) is 22.4. The van der Waals surface area contributed by atoms with Gasteiger partial charge in [-0.05, 0) is 31.5 Å². The number of hydrogen-bond acceptors (Lipinski definition) is 4. The first-order valence-corrected chi connectivity index (χ1v) is 10.1. The minimum absolute atomic E-state index is 0.0664. The van der Waals surface area contributed by atoms with Gasteiger partial charge in [0.15, 0.2) is 0 Å². The Morgan fingerprint density at radius 1 is 1.31 bits per heavy atom. The lowest BCUT2D eigenvalue weighted by molar-refractivity contribution is -0.137. The zero-order chi connectivity index (χ0) is 21.6. The smallest absolute Gasteiger partial charge is 0.325 e. The SMILES string of the molecule is Cc1c(C2CC(C(=O)Nc3cccc(C(F)(F)F)c3)N(C)S(=O)(=O)N2)cnn1C. The molecule has 1 amide bonds. The van der Waals surface area contributed by atoms with Crippen molar-refractivity contribution in [2.45, 2.75) is 31.6 Å². The number of likely N-dealkylation sites (N-methyl/N-ethyl adjacent to an activating group) is 1. The molecule has 158 valence electrons. The van der Waals surface area contributed by atoms with Crippen molar-refractivity contribution >= 4 is 21.8 Å². The van der Waals surface area contributed by atoms with Gasteiger partial charge in [0.1, 0.15) is 6.04 Å². The molecule has 1 aromatic carbocycles. The van der Waals surface area contributed by atoms with Gasteiger partial charge in [-0.1, -0.05) is 6.07 Å². The Morgan fingerprint density at radius 2 is 2.00 bits per heavy atom. The largest absolute Gasteiger partial charge is 0.416 e. The summed E-state index contributed by atoms with van der Waals surface area (Å²) in [7, 11) is -1.03. The van der Waals surface area contributed by atoms with Gasteiger partial charge in [-0.25, -0.2) is 0 Å². The second kappa shape index (κ2) is 7.43. The van der Waals surface area contributed by atoms with E-state index in [2.05, 4.69) is 15.1 Å². The summed E-state index contributed by atoms with van der Waals surface area (Å²) in [5, 5.41) is 6.48. The third-order valence-corrected chi connectivity index (χ3v) is 6.57. The topological polar surface area (TPSA) is 96.3 Å². The monoisotopic (exact) mass is 431 g/mol. The van der Waals surface area contributed by atoms with Crippen LogP contribution in [0.1, 0.15) is 29.3 Å². The van der Waals surface area contributed by atoms with Crippen molar-refractivity contribution < 1.29 is 26.4 Å². The van der Waals surface area contributed by atoms with Crippen LogP contribution in [0.4, 0.5) is 18.9 Å². The highest BCUT2D eigenvalue weighted by atomic mass is 32.2. The minimum Gasteiger partial charge on any atom is -0.325 e. The molecule has 1 aromatic heterocycles. The molecule has 3 rings (SSSR count). The van der Waals surface area contributed by atoms with Gasteiger partial charge >= 0.3 is 6.18 Å². The molecule has 29 heavy (non-hydrogen) atoms. The lowest BCUT2D eigenvalue weighted by Crippen LogP contribution is -2.56. The number of carbonyl (C=O) groups is 1. The lowest BCUT2D eigenvalue weighted by Gasteiger charge is -2.36. The molecular formula is C17H20F3N5O3S. The molecule has 0 radical (unpaired) electrons. The van der Waals surface area contributed by atoms with Crippen molar-refractivity contribution in [1.29, 1.82) is 0 Å². The Balaban J connectivity index is 1.86. The third kappa shape index (κ3) is 4.28. The average Bonchev–Trinajstić information content (AvgIpc) is 2.95. The number of nitrogens with zero attached hydrogens (tertiary/aromatic N) is 3. The third-order valence-electron chi connectivity index (χ3n) is 4.98. The maximum Gasteiger partial charge on any atom is 0.416 e. The molecule has 1 aliphatic rings. The Hall–Kier alpha value is -2.44. The number of aromatic nitrogens is 2. The predicted molar refractivity (Wildman–Crippen MR) is 99.0 cm³/mol. The van der Waals surface area contributed by atoms with Crippen molar-refractivity contribution in [3.8, 4) is 0 Å². The summed E-state index contributed by atoms with van der Waals surface area (Å²) in [5.74, 6) is -0.719. The van der Waals surface area contributed by atoms with E-state index in [0.717, 1.165) is 22.1 Å². The Kier molecular flexibility index (Phi) is 5.45. The van der Waals surface area contributed by atoms with Crippen LogP contribution in [-0.4, -0.2) is 41.5 Å². The van der Waals surface area contributed by atoms with Crippen LogP contribution in [0.5, 0.6) is 0 Å². The molecule has 12 heteroatoms. The zero-order valence-electron chi connectivity index (χ0n) is 15.9. The highest BCUT2D eigenvalue weighted by Gasteiger charge is 2.41. The number of benzene rings is 1. The highest BCUT2D eigenvalue weighted by molar-refractivity contribution is 7.87. The molecule has 0 saturated carbocycles. The van der Waals surface area contributed by atoms with E-state index < -0.39 is 39.9 Å². The van der Waals surface area contributed by atoms with E-state index >= 15 is 0 Å². The number of alkyl halides is 3. The fourth-order valence-electron chi connectivity index (χ4n) is 3.17. The molecule has 0 spiro atoms. The number of nitrogens with one attached hydrogen (secondary N) is 2. The quantitative estimate of drug-likeness (QED) is 0.777. The van der Waals surface area contributed by atoms with Crippen LogP contribution in [0.15, 0.2) is 30.5 Å². The number of halogens is 3. The Morgan fingerprint density at radius 3 is 2.59 bits per heavy atom. The van der Waals surface area contributed by atoms with Crippen molar-refractivity contribution in [2.75, 3.05) is 12.4 Å². The van der Waals surface area contributed by atoms with E-state index in [1.807, 2.05) is 0 Å². The van der Waals surface area contributed by atoms with Crippen LogP contribution < -0.4 is 10.0 Å². The van der Waals surface area contributed by atoms with E-state index in [-0.39, 0.29) is 12.1 Å². The number of aryl methyl sites for hydroxylation is 1. The zero-order valence-corrected chi connectivity index (χ0v) is 16.7. The molecule has 0 bridgehead atoms. The summed E-state index contributed by atoms with van der Waals surface area (Å²) in [5.41, 5.74) is 0.383. The molecule has 2 aromatic rings. The molecule has 1 aliphatic heterocycles. The summed E-state index contributed by atoms with van der Waals surface area (Å²) in [6.07, 6.45) is -2.94. The summed E-state index contributed by atoms with van der Waals surface area (Å²) >= 11 is 0. The van der Waals surface area contributed by atoms with Gasteiger partial charge in [-0.15, -0.1) is 0 Å². The number of carbonyl (C=O) groups excluding carboxylic acids is 1. The van der Waals surface area contributed by atoms with Gasteiger partial charge in [0, 0.05) is 31.0 Å². The van der Waals surface area contributed by atoms with Crippen LogP contribution in [0, 0.1) is 6.92 Å². The second-order valence-electron chi connectivity index (χ2n) is 6.82. The first-order chi connectivity index (χ1) is 13.4. The molecule has 1 saturated heterocycles. The van der Waals surface area contributed by atoms with Crippen molar-refractivity contribution in [2.24, 2.45) is 7.05 Å². The molecular weight excluding hydrogens is 411 g/mol. The van der Waals surface area contributed by atoms with E-state index in [1.165, 1.54) is 25.4 Å². The average molecular weight is 431 g/mol. The summed E-state index contributed by atoms with van der Waals surface area (Å²) in [6.45, 7) is 1.77.